The van der Waals surface area contributed by atoms with Crippen molar-refractivity contribution < 1.29 is 9.45 Å². The zero-order valence-electron chi connectivity index (χ0n) is 10.8. The quantitative estimate of drug-likeness (QED) is 0.676. The van der Waals surface area contributed by atoms with E-state index in [-0.39, 0.29) is 5.69 Å². The number of nitro groups is 1. The summed E-state index contributed by atoms with van der Waals surface area (Å²) in [5.74, 6) is 0.951. The van der Waals surface area contributed by atoms with Crippen molar-refractivity contribution in [1.29, 1.82) is 0 Å². The lowest BCUT2D eigenvalue weighted by Crippen LogP contribution is -2.23. The Morgan fingerprint density at radius 2 is 2.40 bits per heavy atom. The first-order valence-electron chi connectivity index (χ1n) is 6.53. The van der Waals surface area contributed by atoms with Gasteiger partial charge in [-0.2, -0.15) is 4.98 Å². The Morgan fingerprint density at radius 1 is 1.50 bits per heavy atom. The number of non-ortho nitro benzene ring substituents is 1. The highest BCUT2D eigenvalue weighted by atomic mass is 16.6. The third-order valence-electron chi connectivity index (χ3n) is 3.37. The second-order valence-electron chi connectivity index (χ2n) is 4.82. The molecule has 2 aromatic rings. The zero-order valence-corrected chi connectivity index (χ0v) is 10.8. The molecule has 0 aliphatic carbocycles. The number of benzene rings is 1. The predicted molar refractivity (Wildman–Crippen MR) is 71.1 cm³/mol. The van der Waals surface area contributed by atoms with Crippen LogP contribution in [0, 0.1) is 10.1 Å². The number of aromatic nitrogens is 2. The van der Waals surface area contributed by atoms with Crippen LogP contribution >= 0.6 is 0 Å². The molecule has 1 saturated heterocycles. The van der Waals surface area contributed by atoms with E-state index in [1.54, 1.807) is 12.1 Å². The lowest BCUT2D eigenvalue weighted by molar-refractivity contribution is -0.384. The molecule has 0 radical (unpaired) electrons. The summed E-state index contributed by atoms with van der Waals surface area (Å²) in [5, 5.41) is 18.0. The van der Waals surface area contributed by atoms with Crippen LogP contribution in [0.4, 0.5) is 5.69 Å². The summed E-state index contributed by atoms with van der Waals surface area (Å²) < 4.78 is 5.21. The summed E-state index contributed by atoms with van der Waals surface area (Å²) in [4.78, 5) is 14.6. The molecule has 7 nitrogen and oxygen atoms in total. The van der Waals surface area contributed by atoms with Crippen LogP contribution in [0.15, 0.2) is 28.8 Å². The third kappa shape index (κ3) is 2.67. The number of nitrogens with one attached hydrogen (secondary N) is 1. The molecule has 20 heavy (non-hydrogen) atoms. The van der Waals surface area contributed by atoms with Crippen molar-refractivity contribution in [1.82, 2.24) is 15.5 Å². The fraction of sp³-hybridized carbons (Fsp3) is 0.385. The summed E-state index contributed by atoms with van der Waals surface area (Å²) in [6, 6.07) is 6.61. The highest BCUT2D eigenvalue weighted by Gasteiger charge is 2.19. The Kier molecular flexibility index (Phi) is 3.42. The first-order chi connectivity index (χ1) is 9.72. The minimum Gasteiger partial charge on any atom is -0.339 e. The van der Waals surface area contributed by atoms with Gasteiger partial charge < -0.3 is 9.84 Å². The topological polar surface area (TPSA) is 94.1 Å². The van der Waals surface area contributed by atoms with E-state index in [9.17, 15) is 10.1 Å². The maximum Gasteiger partial charge on any atom is 0.270 e. The lowest BCUT2D eigenvalue weighted by Gasteiger charge is -2.04. The minimum absolute atomic E-state index is 0.0197. The molecule has 0 amide bonds. The van der Waals surface area contributed by atoms with E-state index in [2.05, 4.69) is 15.5 Å². The monoisotopic (exact) mass is 274 g/mol. The van der Waals surface area contributed by atoms with E-state index >= 15 is 0 Å². The number of nitro benzene ring substituents is 1. The summed E-state index contributed by atoms with van der Waals surface area (Å²) in [6.45, 7) is 1.02. The summed E-state index contributed by atoms with van der Waals surface area (Å²) in [6.07, 6.45) is 2.97. The molecular formula is C13H14N4O3. The van der Waals surface area contributed by atoms with Gasteiger partial charge in [0.25, 0.3) is 5.69 Å². The Morgan fingerprint density at radius 3 is 3.15 bits per heavy atom. The fourth-order valence-electron chi connectivity index (χ4n) is 2.36. The van der Waals surface area contributed by atoms with E-state index in [0.717, 1.165) is 19.4 Å². The normalized spacial score (nSPS) is 18.3. The summed E-state index contributed by atoms with van der Waals surface area (Å²) in [5.41, 5.74) is 0.611. The summed E-state index contributed by atoms with van der Waals surface area (Å²) in [7, 11) is 0. The second-order valence-corrected chi connectivity index (χ2v) is 4.82. The molecule has 2 heterocycles. The first-order valence-corrected chi connectivity index (χ1v) is 6.53. The molecule has 7 heteroatoms. The molecule has 1 aliphatic heterocycles. The number of hydrogen-bond acceptors (Lipinski definition) is 6. The molecule has 3 rings (SSSR count). The number of hydrogen-bond donors (Lipinski definition) is 1. The molecule has 1 aliphatic rings. The van der Waals surface area contributed by atoms with E-state index < -0.39 is 4.92 Å². The molecule has 1 N–H and O–H groups in total. The average Bonchev–Trinajstić information content (AvgIpc) is 3.11. The Bertz CT molecular complexity index is 620. The van der Waals surface area contributed by atoms with Gasteiger partial charge in [-0.3, -0.25) is 10.1 Å². The van der Waals surface area contributed by atoms with Crippen molar-refractivity contribution in [3.63, 3.8) is 0 Å². The molecule has 1 aromatic carbocycles. The molecule has 0 spiro atoms. The second kappa shape index (κ2) is 5.38. The van der Waals surface area contributed by atoms with Crippen LogP contribution in [0.5, 0.6) is 0 Å². The smallest absolute Gasteiger partial charge is 0.270 e. The van der Waals surface area contributed by atoms with Gasteiger partial charge in [0.2, 0.25) is 11.7 Å². The van der Waals surface area contributed by atoms with Gasteiger partial charge >= 0.3 is 0 Å². The Balaban J connectivity index is 1.78. The van der Waals surface area contributed by atoms with Gasteiger partial charge in [0.05, 0.1) is 4.92 Å². The first kappa shape index (κ1) is 12.7. The van der Waals surface area contributed by atoms with Gasteiger partial charge in [0.15, 0.2) is 0 Å². The van der Waals surface area contributed by atoms with Gasteiger partial charge in [-0.05, 0) is 19.4 Å². The van der Waals surface area contributed by atoms with Gasteiger partial charge in [0.1, 0.15) is 0 Å². The minimum atomic E-state index is -0.438. The molecule has 1 atom stereocenters. The summed E-state index contributed by atoms with van der Waals surface area (Å²) >= 11 is 0. The van der Waals surface area contributed by atoms with E-state index in [0.29, 0.717) is 29.7 Å². The van der Waals surface area contributed by atoms with Crippen LogP contribution in [0.25, 0.3) is 11.4 Å². The van der Waals surface area contributed by atoms with Crippen molar-refractivity contribution >= 4 is 5.69 Å². The maximum atomic E-state index is 10.8. The maximum absolute atomic E-state index is 10.8. The number of rotatable bonds is 4. The highest BCUT2D eigenvalue weighted by Crippen LogP contribution is 2.22. The molecule has 1 aromatic heterocycles. The molecular weight excluding hydrogens is 260 g/mol. The van der Waals surface area contributed by atoms with Gasteiger partial charge in [-0.1, -0.05) is 17.3 Å². The number of nitrogens with zero attached hydrogens (tertiary/aromatic N) is 3. The molecule has 0 saturated carbocycles. The fourth-order valence-corrected chi connectivity index (χ4v) is 2.36. The van der Waals surface area contributed by atoms with Crippen LogP contribution < -0.4 is 5.32 Å². The zero-order chi connectivity index (χ0) is 13.9. The average molecular weight is 274 g/mol. The van der Waals surface area contributed by atoms with Crippen molar-refractivity contribution in [3.8, 4) is 11.4 Å². The van der Waals surface area contributed by atoms with Crippen LogP contribution in [0.3, 0.4) is 0 Å². The van der Waals surface area contributed by atoms with Crippen LogP contribution in [0.2, 0.25) is 0 Å². The molecule has 104 valence electrons. The predicted octanol–water partition coefficient (Wildman–Crippen LogP) is 1.94. The molecule has 0 bridgehead atoms. The van der Waals surface area contributed by atoms with Gasteiger partial charge in [-0.25, -0.2) is 0 Å². The van der Waals surface area contributed by atoms with E-state index in [1.807, 2.05) is 0 Å². The van der Waals surface area contributed by atoms with Crippen LogP contribution in [-0.4, -0.2) is 27.7 Å². The van der Waals surface area contributed by atoms with Crippen molar-refractivity contribution in [2.45, 2.75) is 25.3 Å². The lowest BCUT2D eigenvalue weighted by atomic mass is 10.1. The van der Waals surface area contributed by atoms with E-state index in [4.69, 9.17) is 4.52 Å². The Hall–Kier alpha value is -2.28. The molecule has 1 unspecified atom stereocenters. The van der Waals surface area contributed by atoms with Crippen LogP contribution in [-0.2, 0) is 6.42 Å². The van der Waals surface area contributed by atoms with Gasteiger partial charge in [0, 0.05) is 30.2 Å². The SMILES string of the molecule is O=[N+]([O-])c1cccc(-c2noc(CC3CCCN3)n2)c1. The standard InChI is InChI=1S/C13H14N4O3/c18-17(19)11-5-1-3-9(7-11)13-15-12(20-16-13)8-10-4-2-6-14-10/h1,3,5,7,10,14H,2,4,6,8H2. The van der Waals surface area contributed by atoms with Gasteiger partial charge in [-0.15, -0.1) is 0 Å². The van der Waals surface area contributed by atoms with Crippen molar-refractivity contribution in [3.05, 3.63) is 40.3 Å². The third-order valence-corrected chi connectivity index (χ3v) is 3.37. The largest absolute Gasteiger partial charge is 0.339 e. The van der Waals surface area contributed by atoms with E-state index in [1.165, 1.54) is 12.1 Å². The van der Waals surface area contributed by atoms with Crippen molar-refractivity contribution in [2.24, 2.45) is 0 Å². The van der Waals surface area contributed by atoms with Crippen molar-refractivity contribution in [2.75, 3.05) is 6.54 Å². The Labute approximate surface area is 115 Å². The molecule has 1 fully saturated rings. The highest BCUT2D eigenvalue weighted by molar-refractivity contribution is 5.58. The van der Waals surface area contributed by atoms with Crippen LogP contribution in [0.1, 0.15) is 18.7 Å².